The summed E-state index contributed by atoms with van der Waals surface area (Å²) in [6.07, 6.45) is 1.39. The number of nitrogens with zero attached hydrogens (tertiary/aromatic N) is 4. The van der Waals surface area contributed by atoms with Crippen molar-refractivity contribution >= 4 is 23.2 Å². The maximum atomic E-state index is 12.2. The predicted molar refractivity (Wildman–Crippen MR) is 95.2 cm³/mol. The van der Waals surface area contributed by atoms with Crippen LogP contribution in [0, 0.1) is 13.8 Å². The third-order valence-electron chi connectivity index (χ3n) is 3.98. The largest absolute Gasteiger partial charge is 0.337 e. The Kier molecular flexibility index (Phi) is 5.20. The molecule has 0 aliphatic heterocycles. The zero-order chi connectivity index (χ0) is 18.0. The third kappa shape index (κ3) is 4.08. The van der Waals surface area contributed by atoms with Crippen LogP contribution in [0.1, 0.15) is 28.4 Å². The van der Waals surface area contributed by atoms with Crippen LogP contribution < -0.4 is 5.56 Å². The van der Waals surface area contributed by atoms with Crippen molar-refractivity contribution in [2.45, 2.75) is 33.2 Å². The van der Waals surface area contributed by atoms with Gasteiger partial charge < -0.3 is 4.52 Å². The van der Waals surface area contributed by atoms with E-state index < -0.39 is 0 Å². The van der Waals surface area contributed by atoms with Crippen LogP contribution in [-0.2, 0) is 19.4 Å². The second-order valence-corrected chi connectivity index (χ2v) is 6.53. The maximum Gasteiger partial charge on any atom is 0.270 e. The molecule has 0 spiro atoms. The summed E-state index contributed by atoms with van der Waals surface area (Å²) in [6, 6.07) is 7.62. The maximum absolute atomic E-state index is 12.2. The first kappa shape index (κ1) is 17.6. The Morgan fingerprint density at radius 3 is 2.52 bits per heavy atom. The first-order valence-corrected chi connectivity index (χ1v) is 8.49. The molecule has 3 aromatic rings. The molecular weight excluding hydrogens is 363 g/mol. The third-order valence-corrected chi connectivity index (χ3v) is 4.59. The van der Waals surface area contributed by atoms with E-state index in [9.17, 15) is 4.79 Å². The molecule has 0 saturated heterocycles. The molecule has 1 aromatic carbocycles. The fourth-order valence-electron chi connectivity index (χ4n) is 2.33. The Morgan fingerprint density at radius 1 is 1.08 bits per heavy atom. The van der Waals surface area contributed by atoms with Gasteiger partial charge >= 0.3 is 0 Å². The lowest BCUT2D eigenvalue weighted by molar-refractivity contribution is 0.358. The number of aromatic nitrogens is 4. The molecule has 0 unspecified atom stereocenters. The second kappa shape index (κ2) is 7.37. The van der Waals surface area contributed by atoms with Crippen LogP contribution in [0.3, 0.4) is 0 Å². The summed E-state index contributed by atoms with van der Waals surface area (Å²) in [4.78, 5) is 16.5. The van der Waals surface area contributed by atoms with Gasteiger partial charge in [-0.25, -0.2) is 4.68 Å². The normalized spacial score (nSPS) is 11.0. The van der Waals surface area contributed by atoms with Crippen LogP contribution in [0.2, 0.25) is 10.2 Å². The van der Waals surface area contributed by atoms with E-state index in [2.05, 4.69) is 15.2 Å². The molecule has 2 aromatic heterocycles. The molecule has 0 radical (unpaired) electrons. The summed E-state index contributed by atoms with van der Waals surface area (Å²) in [5.74, 6) is 0.896. The van der Waals surface area contributed by atoms with Crippen molar-refractivity contribution in [3.05, 3.63) is 73.2 Å². The summed E-state index contributed by atoms with van der Waals surface area (Å²) < 4.78 is 6.45. The standard InChI is InChI=1S/C17H16Cl2N4O2/c1-10-11(2)17(24)23(21-16(10)19)9-15-20-14(22-25-15)8-5-12-3-6-13(18)7-4-12/h3-4,6-7H,5,8-9H2,1-2H3. The molecule has 0 fully saturated rings. The number of halogens is 2. The lowest BCUT2D eigenvalue weighted by atomic mass is 10.1. The molecule has 25 heavy (non-hydrogen) atoms. The molecule has 0 atom stereocenters. The van der Waals surface area contributed by atoms with Gasteiger partial charge in [-0.3, -0.25) is 4.79 Å². The van der Waals surface area contributed by atoms with Crippen LogP contribution in [-0.4, -0.2) is 19.9 Å². The van der Waals surface area contributed by atoms with Gasteiger partial charge in [0.15, 0.2) is 11.0 Å². The highest BCUT2D eigenvalue weighted by Crippen LogP contribution is 2.13. The highest BCUT2D eigenvalue weighted by atomic mass is 35.5. The van der Waals surface area contributed by atoms with Gasteiger partial charge in [0, 0.05) is 17.0 Å². The predicted octanol–water partition coefficient (Wildman–Crippen LogP) is 3.38. The minimum absolute atomic E-state index is 0.0909. The summed E-state index contributed by atoms with van der Waals surface area (Å²) in [5, 5.41) is 9.01. The van der Waals surface area contributed by atoms with E-state index in [0.29, 0.717) is 39.4 Å². The van der Waals surface area contributed by atoms with Gasteiger partial charge in [0.1, 0.15) is 6.54 Å². The molecule has 2 heterocycles. The van der Waals surface area contributed by atoms with Crippen molar-refractivity contribution in [3.63, 3.8) is 0 Å². The number of rotatable bonds is 5. The van der Waals surface area contributed by atoms with Gasteiger partial charge in [-0.1, -0.05) is 40.5 Å². The van der Waals surface area contributed by atoms with Crippen LogP contribution in [0.25, 0.3) is 0 Å². The fourth-order valence-corrected chi connectivity index (χ4v) is 2.69. The molecule has 6 nitrogen and oxygen atoms in total. The molecule has 0 N–H and O–H groups in total. The van der Waals surface area contributed by atoms with Crippen LogP contribution >= 0.6 is 23.2 Å². The SMILES string of the molecule is Cc1c(Cl)nn(Cc2nc(CCc3ccc(Cl)cc3)no2)c(=O)c1C. The lowest BCUT2D eigenvalue weighted by Gasteiger charge is -2.06. The number of hydrogen-bond acceptors (Lipinski definition) is 5. The summed E-state index contributed by atoms with van der Waals surface area (Å²) in [6.45, 7) is 3.57. The lowest BCUT2D eigenvalue weighted by Crippen LogP contribution is -2.26. The Bertz CT molecular complexity index is 948. The van der Waals surface area contributed by atoms with Crippen molar-refractivity contribution in [1.82, 2.24) is 19.9 Å². The van der Waals surface area contributed by atoms with E-state index >= 15 is 0 Å². The van der Waals surface area contributed by atoms with Crippen LogP contribution in [0.5, 0.6) is 0 Å². The van der Waals surface area contributed by atoms with Crippen molar-refractivity contribution in [1.29, 1.82) is 0 Å². The topological polar surface area (TPSA) is 73.8 Å². The molecule has 0 bridgehead atoms. The average molecular weight is 379 g/mol. The van der Waals surface area contributed by atoms with Crippen molar-refractivity contribution < 1.29 is 4.52 Å². The Balaban J connectivity index is 1.70. The van der Waals surface area contributed by atoms with E-state index in [4.69, 9.17) is 27.7 Å². The quantitative estimate of drug-likeness (QED) is 0.680. The van der Waals surface area contributed by atoms with Gasteiger partial charge in [-0.15, -0.1) is 0 Å². The molecule has 130 valence electrons. The average Bonchev–Trinajstić information content (AvgIpc) is 3.05. The fraction of sp³-hybridized carbons (Fsp3) is 0.294. The van der Waals surface area contributed by atoms with Crippen molar-refractivity contribution in [3.8, 4) is 0 Å². The molecule has 0 aliphatic rings. The minimum Gasteiger partial charge on any atom is -0.337 e. The summed E-state index contributed by atoms with van der Waals surface area (Å²) in [7, 11) is 0. The van der Waals surface area contributed by atoms with Crippen LogP contribution in [0.4, 0.5) is 0 Å². The summed E-state index contributed by atoms with van der Waals surface area (Å²) >= 11 is 11.9. The molecule has 0 amide bonds. The van der Waals surface area contributed by atoms with Crippen LogP contribution in [0.15, 0.2) is 33.6 Å². The first-order valence-electron chi connectivity index (χ1n) is 7.74. The van der Waals surface area contributed by atoms with E-state index in [1.807, 2.05) is 24.3 Å². The van der Waals surface area contributed by atoms with E-state index in [1.54, 1.807) is 13.8 Å². The number of hydrogen-bond donors (Lipinski definition) is 0. The van der Waals surface area contributed by atoms with Gasteiger partial charge in [-0.2, -0.15) is 10.1 Å². The summed E-state index contributed by atoms with van der Waals surface area (Å²) in [5.41, 5.74) is 2.15. The molecule has 8 heteroatoms. The molecular formula is C17H16Cl2N4O2. The smallest absolute Gasteiger partial charge is 0.270 e. The highest BCUT2D eigenvalue weighted by molar-refractivity contribution is 6.30. The Morgan fingerprint density at radius 2 is 1.80 bits per heavy atom. The monoisotopic (exact) mass is 378 g/mol. The van der Waals surface area contributed by atoms with Gasteiger partial charge in [0.05, 0.1) is 0 Å². The highest BCUT2D eigenvalue weighted by Gasteiger charge is 2.13. The zero-order valence-corrected chi connectivity index (χ0v) is 15.3. The van der Waals surface area contributed by atoms with Gasteiger partial charge in [-0.05, 0) is 43.5 Å². The van der Waals surface area contributed by atoms with Crippen molar-refractivity contribution in [2.24, 2.45) is 0 Å². The number of benzene rings is 1. The Labute approximate surface area is 154 Å². The van der Waals surface area contributed by atoms with Crippen molar-refractivity contribution in [2.75, 3.05) is 0 Å². The first-order chi connectivity index (χ1) is 11.9. The second-order valence-electron chi connectivity index (χ2n) is 5.73. The van der Waals surface area contributed by atoms with Gasteiger partial charge in [0.25, 0.3) is 5.56 Å². The van der Waals surface area contributed by atoms with E-state index in [0.717, 1.165) is 12.0 Å². The van der Waals surface area contributed by atoms with E-state index in [-0.39, 0.29) is 12.1 Å². The number of aryl methyl sites for hydroxylation is 2. The van der Waals surface area contributed by atoms with Gasteiger partial charge in [0.2, 0.25) is 5.89 Å². The van der Waals surface area contributed by atoms with E-state index in [1.165, 1.54) is 4.68 Å². The Hall–Kier alpha value is -2.18. The molecule has 0 aliphatic carbocycles. The minimum atomic E-state index is -0.220. The molecule has 0 saturated carbocycles. The molecule has 3 rings (SSSR count). The zero-order valence-electron chi connectivity index (χ0n) is 13.8.